The first-order valence-electron chi connectivity index (χ1n) is 5.02. The van der Waals surface area contributed by atoms with Gasteiger partial charge in [-0.25, -0.2) is 4.39 Å². The molecule has 0 radical (unpaired) electrons. The highest BCUT2D eigenvalue weighted by Crippen LogP contribution is 2.20. The van der Waals surface area contributed by atoms with E-state index in [-0.39, 0.29) is 30.2 Å². The number of halogens is 3. The van der Waals surface area contributed by atoms with E-state index in [0.29, 0.717) is 10.0 Å². The van der Waals surface area contributed by atoms with Crippen molar-refractivity contribution in [1.82, 2.24) is 10.2 Å². The quantitative estimate of drug-likeness (QED) is 0.903. The van der Waals surface area contributed by atoms with Crippen LogP contribution in [0.25, 0.3) is 0 Å². The summed E-state index contributed by atoms with van der Waals surface area (Å²) in [6.45, 7) is 1.64. The summed E-state index contributed by atoms with van der Waals surface area (Å²) in [5, 5.41) is 3.11. The van der Waals surface area contributed by atoms with Crippen LogP contribution in [0.4, 0.5) is 4.39 Å². The van der Waals surface area contributed by atoms with Gasteiger partial charge < -0.3 is 10.2 Å². The van der Waals surface area contributed by atoms with Crippen molar-refractivity contribution in [2.75, 3.05) is 20.1 Å². The Hall–Kier alpha value is -0.650. The Morgan fingerprint density at radius 3 is 2.65 bits per heavy atom. The third kappa shape index (κ3) is 2.97. The van der Waals surface area contributed by atoms with E-state index in [1.807, 2.05) is 0 Å². The van der Waals surface area contributed by atoms with Crippen LogP contribution in [0.3, 0.4) is 0 Å². The minimum atomic E-state index is -0.351. The maximum Gasteiger partial charge on any atom is 0.255 e. The number of benzene rings is 1. The third-order valence-electron chi connectivity index (χ3n) is 2.79. The molecule has 0 saturated carbocycles. The molecule has 3 nitrogen and oxygen atoms in total. The molecule has 0 aliphatic carbocycles. The fourth-order valence-electron chi connectivity index (χ4n) is 1.57. The molecule has 1 heterocycles. The summed E-state index contributed by atoms with van der Waals surface area (Å²) in [4.78, 5) is 13.7. The van der Waals surface area contributed by atoms with Gasteiger partial charge in [-0.15, -0.1) is 12.4 Å². The zero-order valence-corrected chi connectivity index (χ0v) is 11.6. The van der Waals surface area contributed by atoms with Crippen molar-refractivity contribution < 1.29 is 9.18 Å². The summed E-state index contributed by atoms with van der Waals surface area (Å²) < 4.78 is 13.4. The third-order valence-corrected chi connectivity index (χ3v) is 3.45. The molecule has 1 aliphatic heterocycles. The Morgan fingerprint density at radius 1 is 1.53 bits per heavy atom. The van der Waals surface area contributed by atoms with Crippen molar-refractivity contribution in [3.8, 4) is 0 Å². The Balaban J connectivity index is 0.00000144. The molecule has 1 aromatic rings. The number of rotatable bonds is 2. The van der Waals surface area contributed by atoms with E-state index in [4.69, 9.17) is 0 Å². The number of nitrogens with one attached hydrogen (secondary N) is 1. The second kappa shape index (κ2) is 5.80. The van der Waals surface area contributed by atoms with Crippen molar-refractivity contribution in [3.63, 3.8) is 0 Å². The Bertz CT molecular complexity index is 426. The summed E-state index contributed by atoms with van der Waals surface area (Å²) >= 11 is 3.20. The number of hydrogen-bond acceptors (Lipinski definition) is 2. The van der Waals surface area contributed by atoms with Gasteiger partial charge in [-0.2, -0.15) is 0 Å². The van der Waals surface area contributed by atoms with Gasteiger partial charge in [-0.3, -0.25) is 4.79 Å². The van der Waals surface area contributed by atoms with Crippen molar-refractivity contribution in [2.45, 2.75) is 6.04 Å². The molecule has 1 N–H and O–H groups in total. The van der Waals surface area contributed by atoms with Crippen molar-refractivity contribution in [3.05, 3.63) is 34.1 Å². The molecule has 6 heteroatoms. The van der Waals surface area contributed by atoms with Crippen LogP contribution < -0.4 is 5.32 Å². The maximum atomic E-state index is 12.9. The van der Waals surface area contributed by atoms with E-state index in [0.717, 1.165) is 13.1 Å². The van der Waals surface area contributed by atoms with Gasteiger partial charge in [0, 0.05) is 24.6 Å². The number of carbonyl (C=O) groups excluding carboxylic acids is 1. The van der Waals surface area contributed by atoms with Crippen LogP contribution in [0.2, 0.25) is 0 Å². The summed E-state index contributed by atoms with van der Waals surface area (Å²) in [7, 11) is 1.77. The molecule has 0 bridgehead atoms. The lowest BCUT2D eigenvalue weighted by Gasteiger charge is -2.35. The lowest BCUT2D eigenvalue weighted by molar-refractivity contribution is 0.0680. The molecule has 1 aliphatic rings. The van der Waals surface area contributed by atoms with Gasteiger partial charge >= 0.3 is 0 Å². The van der Waals surface area contributed by atoms with E-state index in [2.05, 4.69) is 21.2 Å². The second-order valence-electron chi connectivity index (χ2n) is 3.85. The topological polar surface area (TPSA) is 32.3 Å². The molecule has 2 rings (SSSR count). The molecule has 17 heavy (non-hydrogen) atoms. The SMILES string of the molecule is CN(C(=O)c1ccc(F)cc1Br)C1CNC1.Cl. The summed E-state index contributed by atoms with van der Waals surface area (Å²) in [5.74, 6) is -0.435. The molecule has 1 aromatic carbocycles. The Morgan fingerprint density at radius 2 is 2.18 bits per heavy atom. The number of nitrogens with zero attached hydrogens (tertiary/aromatic N) is 1. The van der Waals surface area contributed by atoms with E-state index < -0.39 is 0 Å². The van der Waals surface area contributed by atoms with Gasteiger partial charge in [0.1, 0.15) is 5.82 Å². The van der Waals surface area contributed by atoms with Crippen LogP contribution in [0, 0.1) is 5.82 Å². The molecular formula is C11H13BrClFN2O. The van der Waals surface area contributed by atoms with Gasteiger partial charge in [0.2, 0.25) is 0 Å². The van der Waals surface area contributed by atoms with Crippen molar-refractivity contribution in [2.24, 2.45) is 0 Å². The monoisotopic (exact) mass is 322 g/mol. The highest BCUT2D eigenvalue weighted by molar-refractivity contribution is 9.10. The highest BCUT2D eigenvalue weighted by atomic mass is 79.9. The summed E-state index contributed by atoms with van der Waals surface area (Å²) in [5.41, 5.74) is 0.496. The first kappa shape index (κ1) is 14.4. The highest BCUT2D eigenvalue weighted by Gasteiger charge is 2.26. The maximum absolute atomic E-state index is 12.9. The first-order valence-corrected chi connectivity index (χ1v) is 5.82. The van der Waals surface area contributed by atoms with Crippen LogP contribution >= 0.6 is 28.3 Å². The molecular weight excluding hydrogens is 310 g/mol. The van der Waals surface area contributed by atoms with Crippen LogP contribution in [-0.4, -0.2) is 37.0 Å². The van der Waals surface area contributed by atoms with Crippen LogP contribution in [0.15, 0.2) is 22.7 Å². The number of likely N-dealkylation sites (N-methyl/N-ethyl adjacent to an activating group) is 1. The zero-order valence-electron chi connectivity index (χ0n) is 9.24. The average Bonchev–Trinajstić information content (AvgIpc) is 2.14. The molecule has 0 spiro atoms. The largest absolute Gasteiger partial charge is 0.336 e. The van der Waals surface area contributed by atoms with Crippen molar-refractivity contribution >= 4 is 34.2 Å². The minimum absolute atomic E-state index is 0. The molecule has 0 atom stereocenters. The fraction of sp³-hybridized carbons (Fsp3) is 0.364. The standard InChI is InChI=1S/C11H12BrFN2O.ClH/c1-15(8-5-14-6-8)11(16)9-3-2-7(13)4-10(9)12;/h2-4,8,14H,5-6H2,1H3;1H. The first-order chi connectivity index (χ1) is 7.59. The van der Waals surface area contributed by atoms with E-state index in [9.17, 15) is 9.18 Å². The summed E-state index contributed by atoms with van der Waals surface area (Å²) in [6, 6.07) is 4.35. The Labute approximate surface area is 114 Å². The Kier molecular flexibility index (Phi) is 4.91. The molecule has 0 unspecified atom stereocenters. The van der Waals surface area contributed by atoms with Crippen LogP contribution in [-0.2, 0) is 0 Å². The van der Waals surface area contributed by atoms with Gasteiger partial charge in [0.05, 0.1) is 11.6 Å². The lowest BCUT2D eigenvalue weighted by Crippen LogP contribution is -2.57. The van der Waals surface area contributed by atoms with Gasteiger partial charge in [-0.1, -0.05) is 0 Å². The van der Waals surface area contributed by atoms with E-state index >= 15 is 0 Å². The van der Waals surface area contributed by atoms with Gasteiger partial charge in [0.25, 0.3) is 5.91 Å². The van der Waals surface area contributed by atoms with Crippen LogP contribution in [0.5, 0.6) is 0 Å². The van der Waals surface area contributed by atoms with Gasteiger partial charge in [-0.05, 0) is 34.1 Å². The molecule has 1 fully saturated rings. The van der Waals surface area contributed by atoms with Crippen LogP contribution in [0.1, 0.15) is 10.4 Å². The minimum Gasteiger partial charge on any atom is -0.336 e. The van der Waals surface area contributed by atoms with Crippen molar-refractivity contribution in [1.29, 1.82) is 0 Å². The van der Waals surface area contributed by atoms with E-state index in [1.54, 1.807) is 11.9 Å². The molecule has 1 saturated heterocycles. The average molecular weight is 324 g/mol. The molecule has 1 amide bonds. The number of amides is 1. The smallest absolute Gasteiger partial charge is 0.255 e. The van der Waals surface area contributed by atoms with Gasteiger partial charge in [0.15, 0.2) is 0 Å². The molecule has 0 aromatic heterocycles. The fourth-order valence-corrected chi connectivity index (χ4v) is 2.09. The predicted molar refractivity (Wildman–Crippen MR) is 70.1 cm³/mol. The van der Waals surface area contributed by atoms with E-state index in [1.165, 1.54) is 18.2 Å². The zero-order chi connectivity index (χ0) is 11.7. The predicted octanol–water partition coefficient (Wildman–Crippen LogP) is 2.05. The lowest BCUT2D eigenvalue weighted by atomic mass is 10.1. The normalized spacial score (nSPS) is 14.8. The molecule has 94 valence electrons. The second-order valence-corrected chi connectivity index (χ2v) is 4.71. The summed E-state index contributed by atoms with van der Waals surface area (Å²) in [6.07, 6.45) is 0. The number of carbonyl (C=O) groups is 1. The number of hydrogen-bond donors (Lipinski definition) is 1.